The summed E-state index contributed by atoms with van der Waals surface area (Å²) in [5.74, 6) is 0. The van der Waals surface area contributed by atoms with Crippen molar-refractivity contribution in [1.29, 1.82) is 0 Å². The third kappa shape index (κ3) is 1.92. The van der Waals surface area contributed by atoms with Crippen molar-refractivity contribution in [2.75, 3.05) is 13.6 Å². The van der Waals surface area contributed by atoms with Crippen molar-refractivity contribution in [3.63, 3.8) is 0 Å². The SMILES string of the molecule is CN1CC(O)CCC1Br. The second-order valence-corrected chi connectivity index (χ2v) is 3.66. The molecule has 1 rings (SSSR count). The number of nitrogens with zero attached hydrogens (tertiary/aromatic N) is 1. The van der Waals surface area contributed by atoms with Crippen LogP contribution >= 0.6 is 15.9 Å². The van der Waals surface area contributed by atoms with E-state index in [1.54, 1.807) is 0 Å². The third-order valence-electron chi connectivity index (χ3n) is 1.72. The fraction of sp³-hybridized carbons (Fsp3) is 1.00. The summed E-state index contributed by atoms with van der Waals surface area (Å²) >= 11 is 3.50. The lowest BCUT2D eigenvalue weighted by Gasteiger charge is -2.31. The summed E-state index contributed by atoms with van der Waals surface area (Å²) in [5, 5.41) is 9.13. The van der Waals surface area contributed by atoms with Crippen LogP contribution in [0.4, 0.5) is 0 Å². The molecule has 1 fully saturated rings. The van der Waals surface area contributed by atoms with E-state index in [-0.39, 0.29) is 6.10 Å². The Morgan fingerprint density at radius 1 is 1.56 bits per heavy atom. The Labute approximate surface area is 64.0 Å². The summed E-state index contributed by atoms with van der Waals surface area (Å²) in [5.41, 5.74) is 0. The van der Waals surface area contributed by atoms with Crippen LogP contribution in [0.5, 0.6) is 0 Å². The standard InChI is InChI=1S/C6H12BrNO/c1-8-4-5(9)2-3-6(8)7/h5-6,9H,2-4H2,1H3. The van der Waals surface area contributed by atoms with Crippen LogP contribution in [0.1, 0.15) is 12.8 Å². The molecule has 0 aromatic heterocycles. The zero-order valence-electron chi connectivity index (χ0n) is 5.55. The maximum absolute atomic E-state index is 9.13. The van der Waals surface area contributed by atoms with E-state index in [0.717, 1.165) is 19.4 Å². The van der Waals surface area contributed by atoms with Gasteiger partial charge in [0.2, 0.25) is 0 Å². The first kappa shape index (κ1) is 7.51. The predicted molar refractivity (Wildman–Crippen MR) is 40.6 cm³/mol. The van der Waals surface area contributed by atoms with Gasteiger partial charge in [0, 0.05) is 6.54 Å². The number of hydrogen-bond acceptors (Lipinski definition) is 2. The lowest BCUT2D eigenvalue weighted by molar-refractivity contribution is 0.0775. The molecule has 0 bridgehead atoms. The average Bonchev–Trinajstić information content (AvgIpc) is 1.80. The van der Waals surface area contributed by atoms with Crippen molar-refractivity contribution in [2.24, 2.45) is 0 Å². The van der Waals surface area contributed by atoms with Gasteiger partial charge in [0.25, 0.3) is 0 Å². The van der Waals surface area contributed by atoms with E-state index in [9.17, 15) is 0 Å². The van der Waals surface area contributed by atoms with Gasteiger partial charge in [-0.3, -0.25) is 4.90 Å². The van der Waals surface area contributed by atoms with E-state index >= 15 is 0 Å². The van der Waals surface area contributed by atoms with Crippen molar-refractivity contribution in [3.8, 4) is 0 Å². The Hall–Kier alpha value is 0.400. The van der Waals surface area contributed by atoms with E-state index in [1.807, 2.05) is 7.05 Å². The Balaban J connectivity index is 2.35. The summed E-state index contributed by atoms with van der Waals surface area (Å²) in [4.78, 5) is 2.59. The first-order chi connectivity index (χ1) is 4.20. The van der Waals surface area contributed by atoms with Gasteiger partial charge in [0.05, 0.1) is 11.1 Å². The van der Waals surface area contributed by atoms with E-state index in [1.165, 1.54) is 0 Å². The molecule has 0 aromatic rings. The van der Waals surface area contributed by atoms with E-state index in [2.05, 4.69) is 20.8 Å². The largest absolute Gasteiger partial charge is 0.392 e. The van der Waals surface area contributed by atoms with Gasteiger partial charge < -0.3 is 5.11 Å². The highest BCUT2D eigenvalue weighted by Gasteiger charge is 2.21. The number of likely N-dealkylation sites (N-methyl/N-ethyl adjacent to an activating group) is 1. The van der Waals surface area contributed by atoms with Crippen molar-refractivity contribution in [3.05, 3.63) is 0 Å². The molecule has 0 aliphatic carbocycles. The zero-order valence-corrected chi connectivity index (χ0v) is 7.13. The Morgan fingerprint density at radius 3 is 2.67 bits per heavy atom. The van der Waals surface area contributed by atoms with Crippen LogP contribution in [-0.4, -0.2) is 34.7 Å². The van der Waals surface area contributed by atoms with Crippen molar-refractivity contribution in [2.45, 2.75) is 23.9 Å². The summed E-state index contributed by atoms with van der Waals surface area (Å²) in [6.07, 6.45) is 1.88. The number of alkyl halides is 1. The van der Waals surface area contributed by atoms with Crippen LogP contribution in [-0.2, 0) is 0 Å². The lowest BCUT2D eigenvalue weighted by Crippen LogP contribution is -2.39. The van der Waals surface area contributed by atoms with Crippen LogP contribution < -0.4 is 0 Å². The number of piperidine rings is 1. The molecule has 54 valence electrons. The number of likely N-dealkylation sites (tertiary alicyclic amines) is 1. The minimum absolute atomic E-state index is 0.108. The summed E-state index contributed by atoms with van der Waals surface area (Å²) in [6.45, 7) is 0.802. The number of aliphatic hydroxyl groups excluding tert-OH is 1. The lowest BCUT2D eigenvalue weighted by atomic mass is 10.1. The van der Waals surface area contributed by atoms with Crippen molar-refractivity contribution >= 4 is 15.9 Å². The highest BCUT2D eigenvalue weighted by atomic mass is 79.9. The van der Waals surface area contributed by atoms with Crippen LogP contribution in [0.3, 0.4) is 0 Å². The molecule has 0 amide bonds. The van der Waals surface area contributed by atoms with E-state index in [0.29, 0.717) is 4.95 Å². The van der Waals surface area contributed by atoms with Gasteiger partial charge in [0.1, 0.15) is 0 Å². The molecule has 2 nitrogen and oxygen atoms in total. The van der Waals surface area contributed by atoms with Gasteiger partial charge in [-0.15, -0.1) is 0 Å². The molecular weight excluding hydrogens is 182 g/mol. The highest BCUT2D eigenvalue weighted by molar-refractivity contribution is 9.09. The molecule has 0 aromatic carbocycles. The maximum Gasteiger partial charge on any atom is 0.0668 e. The van der Waals surface area contributed by atoms with Crippen molar-refractivity contribution in [1.82, 2.24) is 4.90 Å². The molecule has 3 heteroatoms. The number of rotatable bonds is 0. The molecule has 1 aliphatic rings. The molecule has 1 saturated heterocycles. The number of halogens is 1. The van der Waals surface area contributed by atoms with Crippen molar-refractivity contribution < 1.29 is 5.11 Å². The molecule has 1 heterocycles. The molecule has 2 unspecified atom stereocenters. The minimum atomic E-state index is -0.108. The normalized spacial score (nSPS) is 39.0. The van der Waals surface area contributed by atoms with Crippen LogP contribution in [0.25, 0.3) is 0 Å². The minimum Gasteiger partial charge on any atom is -0.392 e. The molecule has 9 heavy (non-hydrogen) atoms. The third-order valence-corrected chi connectivity index (χ3v) is 2.87. The topological polar surface area (TPSA) is 23.5 Å². The fourth-order valence-electron chi connectivity index (χ4n) is 1.09. The smallest absolute Gasteiger partial charge is 0.0668 e. The Bertz CT molecular complexity index is 99.1. The number of β-amino-alcohol motifs (C(OH)–C–C–N with tert-alkyl or cyclic N) is 1. The highest BCUT2D eigenvalue weighted by Crippen LogP contribution is 2.19. The summed E-state index contributed by atoms with van der Waals surface area (Å²) in [7, 11) is 2.02. The monoisotopic (exact) mass is 193 g/mol. The predicted octanol–water partition coefficient (Wildman–Crippen LogP) is 0.794. The number of aliphatic hydroxyl groups is 1. The Morgan fingerprint density at radius 2 is 2.22 bits per heavy atom. The van der Waals surface area contributed by atoms with Crippen LogP contribution in [0.2, 0.25) is 0 Å². The van der Waals surface area contributed by atoms with Gasteiger partial charge in [-0.1, -0.05) is 15.9 Å². The van der Waals surface area contributed by atoms with Gasteiger partial charge >= 0.3 is 0 Å². The molecule has 0 radical (unpaired) electrons. The molecular formula is C6H12BrNO. The molecule has 2 atom stereocenters. The van der Waals surface area contributed by atoms with Gasteiger partial charge in [-0.05, 0) is 19.9 Å². The first-order valence-corrected chi connectivity index (χ1v) is 4.14. The Kier molecular flexibility index (Phi) is 2.50. The van der Waals surface area contributed by atoms with E-state index in [4.69, 9.17) is 5.11 Å². The summed E-state index contributed by atoms with van der Waals surface area (Å²) in [6, 6.07) is 0. The second kappa shape index (κ2) is 2.99. The molecule has 1 N–H and O–H groups in total. The van der Waals surface area contributed by atoms with E-state index < -0.39 is 0 Å². The van der Waals surface area contributed by atoms with Crippen LogP contribution in [0.15, 0.2) is 0 Å². The first-order valence-electron chi connectivity index (χ1n) is 3.22. The molecule has 0 saturated carbocycles. The second-order valence-electron chi connectivity index (χ2n) is 2.61. The van der Waals surface area contributed by atoms with Crippen LogP contribution in [0, 0.1) is 0 Å². The van der Waals surface area contributed by atoms with Gasteiger partial charge in [0.15, 0.2) is 0 Å². The molecule has 0 spiro atoms. The van der Waals surface area contributed by atoms with Gasteiger partial charge in [-0.2, -0.15) is 0 Å². The summed E-state index contributed by atoms with van der Waals surface area (Å²) < 4.78 is 0. The molecule has 1 aliphatic heterocycles. The van der Waals surface area contributed by atoms with Gasteiger partial charge in [-0.25, -0.2) is 0 Å². The zero-order chi connectivity index (χ0) is 6.85. The maximum atomic E-state index is 9.13. The quantitative estimate of drug-likeness (QED) is 0.455. The number of hydrogen-bond donors (Lipinski definition) is 1. The fourth-order valence-corrected chi connectivity index (χ4v) is 1.52. The average molecular weight is 194 g/mol.